The van der Waals surface area contributed by atoms with Crippen LogP contribution in [0.1, 0.15) is 80.5 Å². The molecule has 0 spiro atoms. The lowest BCUT2D eigenvalue weighted by atomic mass is 9.74. The van der Waals surface area contributed by atoms with Crippen molar-refractivity contribution in [3.05, 3.63) is 0 Å². The molecule has 0 aromatic rings. The van der Waals surface area contributed by atoms with E-state index in [9.17, 15) is 0 Å². The van der Waals surface area contributed by atoms with E-state index in [0.717, 1.165) is 23.7 Å². The molecule has 0 unspecified atom stereocenters. The zero-order chi connectivity index (χ0) is 10.7. The van der Waals surface area contributed by atoms with Crippen LogP contribution in [0.2, 0.25) is 0 Å². The molecule has 0 N–H and O–H groups in total. The van der Waals surface area contributed by atoms with Crippen LogP contribution in [0.5, 0.6) is 0 Å². The van der Waals surface area contributed by atoms with Crippen molar-refractivity contribution < 1.29 is 1.43 Å². The van der Waals surface area contributed by atoms with Gasteiger partial charge in [-0.25, -0.2) is 0 Å². The highest BCUT2D eigenvalue weighted by Crippen LogP contribution is 2.37. The van der Waals surface area contributed by atoms with E-state index in [-0.39, 0.29) is 8.85 Å². The smallest absolute Gasteiger partial charge is 0 e. The number of hydrogen-bond acceptors (Lipinski definition) is 0. The monoisotopic (exact) mass is 226 g/mol. The maximum Gasteiger partial charge on any atom is 0 e. The lowest BCUT2D eigenvalue weighted by molar-refractivity contribution is 0.201. The molecule has 2 rings (SSSR count). The molecular formula is C16H34. The highest BCUT2D eigenvalue weighted by atomic mass is 14.3. The van der Waals surface area contributed by atoms with Gasteiger partial charge >= 0.3 is 0 Å². The van der Waals surface area contributed by atoms with Gasteiger partial charge in [-0.15, -0.1) is 0 Å². The molecule has 0 atom stereocenters. The molecule has 0 aromatic carbocycles. The minimum Gasteiger partial charge on any atom is -0.0776 e. The summed E-state index contributed by atoms with van der Waals surface area (Å²) >= 11 is 0. The van der Waals surface area contributed by atoms with Gasteiger partial charge in [-0.3, -0.25) is 0 Å². The summed E-state index contributed by atoms with van der Waals surface area (Å²) in [6.07, 6.45) is 13.7. The van der Waals surface area contributed by atoms with Crippen LogP contribution in [-0.4, -0.2) is 0 Å². The Hall–Kier alpha value is 0. The summed E-state index contributed by atoms with van der Waals surface area (Å²) in [5.41, 5.74) is 0. The molecule has 0 radical (unpaired) electrons. The van der Waals surface area contributed by atoms with Gasteiger partial charge < -0.3 is 0 Å². The minimum atomic E-state index is 0. The highest BCUT2D eigenvalue weighted by molar-refractivity contribution is 4.76. The summed E-state index contributed by atoms with van der Waals surface area (Å²) in [6.45, 7) is 4.86. The summed E-state index contributed by atoms with van der Waals surface area (Å²) in [4.78, 5) is 0. The van der Waals surface area contributed by atoms with Gasteiger partial charge in [0, 0.05) is 1.43 Å². The zero-order valence-corrected chi connectivity index (χ0v) is 10.7. The maximum absolute atomic E-state index is 2.43. The quantitative estimate of drug-likeness (QED) is 0.549. The second kappa shape index (κ2) is 6.67. The fraction of sp³-hybridized carbons (Fsp3) is 1.00. The predicted molar refractivity (Wildman–Crippen MR) is 75.7 cm³/mol. The SMILES string of the molecule is C.CC1CCC(CC2CCC(C)CC2)CC1.[HH]. The third-order valence-corrected chi connectivity index (χ3v) is 4.94. The van der Waals surface area contributed by atoms with Gasteiger partial charge in [0.25, 0.3) is 0 Å². The Bertz CT molecular complexity index is 154. The topological polar surface area (TPSA) is 0 Å². The fourth-order valence-corrected chi connectivity index (χ4v) is 3.60. The molecule has 0 heteroatoms. The third-order valence-electron chi connectivity index (χ3n) is 4.94. The Labute approximate surface area is 105 Å². The van der Waals surface area contributed by atoms with Gasteiger partial charge in [-0.05, 0) is 30.1 Å². The van der Waals surface area contributed by atoms with Crippen LogP contribution in [0.25, 0.3) is 0 Å². The van der Waals surface area contributed by atoms with E-state index in [1.165, 1.54) is 51.4 Å². The second-order valence-electron chi connectivity index (χ2n) is 6.49. The number of rotatable bonds is 2. The van der Waals surface area contributed by atoms with E-state index in [2.05, 4.69) is 13.8 Å². The van der Waals surface area contributed by atoms with Crippen LogP contribution in [0.4, 0.5) is 0 Å². The Morgan fingerprint density at radius 2 is 1.00 bits per heavy atom. The van der Waals surface area contributed by atoms with Gasteiger partial charge in [-0.2, -0.15) is 0 Å². The standard InChI is InChI=1S/C15H28.CH4.H2/c1-12-3-7-14(8-4-12)11-15-9-5-13(2)6-10-15;;/h12-15H,3-11H2,1-2H3;1H4;1H. The van der Waals surface area contributed by atoms with Gasteiger partial charge in [0.15, 0.2) is 0 Å². The first-order valence-corrected chi connectivity index (χ1v) is 7.24. The van der Waals surface area contributed by atoms with Crippen LogP contribution >= 0.6 is 0 Å². The molecule has 0 amide bonds. The van der Waals surface area contributed by atoms with Crippen LogP contribution in [-0.2, 0) is 0 Å². The average molecular weight is 226 g/mol. The molecule has 2 fully saturated rings. The summed E-state index contributed by atoms with van der Waals surface area (Å²) in [6, 6.07) is 0. The van der Waals surface area contributed by atoms with E-state index in [0.29, 0.717) is 0 Å². The zero-order valence-electron chi connectivity index (χ0n) is 10.7. The summed E-state index contributed by atoms with van der Waals surface area (Å²) < 4.78 is 0. The average Bonchev–Trinajstić information content (AvgIpc) is 2.25. The highest BCUT2D eigenvalue weighted by Gasteiger charge is 2.24. The van der Waals surface area contributed by atoms with Crippen molar-refractivity contribution in [3.8, 4) is 0 Å². The van der Waals surface area contributed by atoms with Crippen molar-refractivity contribution in [1.29, 1.82) is 0 Å². The molecule has 0 bridgehead atoms. The van der Waals surface area contributed by atoms with Crippen molar-refractivity contribution in [2.75, 3.05) is 0 Å². The first-order valence-electron chi connectivity index (χ1n) is 7.24. The lowest BCUT2D eigenvalue weighted by Crippen LogP contribution is -2.19. The largest absolute Gasteiger partial charge is 0.0776 e. The van der Waals surface area contributed by atoms with Crippen LogP contribution in [0, 0.1) is 23.7 Å². The minimum absolute atomic E-state index is 0. The normalized spacial score (nSPS) is 40.1. The van der Waals surface area contributed by atoms with Crippen molar-refractivity contribution >= 4 is 0 Å². The molecule has 0 heterocycles. The fourth-order valence-electron chi connectivity index (χ4n) is 3.60. The molecule has 2 saturated carbocycles. The van der Waals surface area contributed by atoms with Gasteiger partial charge in [-0.1, -0.05) is 72.6 Å². The Balaban J connectivity index is 0.00000128. The van der Waals surface area contributed by atoms with E-state index < -0.39 is 0 Å². The van der Waals surface area contributed by atoms with Crippen molar-refractivity contribution in [1.82, 2.24) is 0 Å². The predicted octanol–water partition coefficient (Wildman–Crippen LogP) is 5.91. The van der Waals surface area contributed by atoms with E-state index in [1.807, 2.05) is 0 Å². The molecule has 16 heavy (non-hydrogen) atoms. The first kappa shape index (κ1) is 14.1. The Kier molecular flexibility index (Phi) is 5.86. The molecule has 0 aliphatic heterocycles. The summed E-state index contributed by atoms with van der Waals surface area (Å²) in [5, 5.41) is 0. The second-order valence-corrected chi connectivity index (χ2v) is 6.49. The lowest BCUT2D eigenvalue weighted by Gasteiger charge is -2.32. The molecule has 98 valence electrons. The van der Waals surface area contributed by atoms with Crippen molar-refractivity contribution in [2.24, 2.45) is 23.7 Å². The first-order chi connectivity index (χ1) is 7.24. The van der Waals surface area contributed by atoms with Crippen molar-refractivity contribution in [3.63, 3.8) is 0 Å². The Morgan fingerprint density at radius 1 is 0.688 bits per heavy atom. The maximum atomic E-state index is 2.43. The van der Waals surface area contributed by atoms with Crippen LogP contribution in [0.15, 0.2) is 0 Å². The Morgan fingerprint density at radius 3 is 1.31 bits per heavy atom. The number of hydrogen-bond donors (Lipinski definition) is 0. The molecular weight excluding hydrogens is 192 g/mol. The van der Waals surface area contributed by atoms with Crippen LogP contribution in [0.3, 0.4) is 0 Å². The molecule has 0 aromatic heterocycles. The van der Waals surface area contributed by atoms with E-state index in [1.54, 1.807) is 6.42 Å². The van der Waals surface area contributed by atoms with Gasteiger partial charge in [0.1, 0.15) is 0 Å². The van der Waals surface area contributed by atoms with Gasteiger partial charge in [0.05, 0.1) is 0 Å². The molecule has 2 aliphatic rings. The molecule has 0 saturated heterocycles. The molecule has 0 nitrogen and oxygen atoms in total. The summed E-state index contributed by atoms with van der Waals surface area (Å²) in [7, 11) is 0. The van der Waals surface area contributed by atoms with Crippen LogP contribution < -0.4 is 0 Å². The van der Waals surface area contributed by atoms with Gasteiger partial charge in [0.2, 0.25) is 0 Å². The van der Waals surface area contributed by atoms with E-state index in [4.69, 9.17) is 0 Å². The van der Waals surface area contributed by atoms with Crippen molar-refractivity contribution in [2.45, 2.75) is 79.1 Å². The summed E-state index contributed by atoms with van der Waals surface area (Å²) in [5.74, 6) is 4.24. The van der Waals surface area contributed by atoms with E-state index >= 15 is 0 Å². The molecule has 2 aliphatic carbocycles. The third kappa shape index (κ3) is 4.11.